The summed E-state index contributed by atoms with van der Waals surface area (Å²) < 4.78 is 26.9. The number of anilines is 2. The molecular weight excluding hydrogens is 276 g/mol. The number of rotatable bonds is 5. The molecule has 0 aliphatic carbocycles. The van der Waals surface area contributed by atoms with Crippen molar-refractivity contribution in [3.05, 3.63) is 42.2 Å². The van der Waals surface area contributed by atoms with Crippen LogP contribution in [-0.2, 0) is 16.6 Å². The molecule has 20 heavy (non-hydrogen) atoms. The summed E-state index contributed by atoms with van der Waals surface area (Å²) in [6, 6.07) is 8.67. The molecule has 1 aromatic carbocycles. The molecule has 2 aromatic rings. The number of nitrogens with zero attached hydrogens (tertiary/aromatic N) is 1. The first-order valence-corrected chi connectivity index (χ1v) is 7.58. The van der Waals surface area contributed by atoms with E-state index in [0.717, 1.165) is 5.69 Å². The summed E-state index contributed by atoms with van der Waals surface area (Å²) in [7, 11) is 0.262. The number of benzene rings is 1. The SMILES string of the molecule is CN(C)c1ccc(NS(=O)(=O)c2c[nH]c(CN)c2)cc1. The minimum absolute atomic E-state index is 0.176. The summed E-state index contributed by atoms with van der Waals surface area (Å²) >= 11 is 0. The van der Waals surface area contributed by atoms with E-state index in [2.05, 4.69) is 9.71 Å². The molecule has 7 heteroatoms. The highest BCUT2D eigenvalue weighted by Gasteiger charge is 2.15. The molecular formula is C13H18N4O2S. The number of hydrogen-bond acceptors (Lipinski definition) is 4. The molecule has 0 aliphatic heterocycles. The Morgan fingerprint density at radius 3 is 2.40 bits per heavy atom. The summed E-state index contributed by atoms with van der Waals surface area (Å²) in [4.78, 5) is 4.94. The van der Waals surface area contributed by atoms with Gasteiger partial charge in [-0.15, -0.1) is 0 Å². The van der Waals surface area contributed by atoms with E-state index in [4.69, 9.17) is 5.73 Å². The Balaban J connectivity index is 2.19. The number of hydrogen-bond donors (Lipinski definition) is 3. The second-order valence-electron chi connectivity index (χ2n) is 4.61. The minimum Gasteiger partial charge on any atom is -0.378 e. The number of nitrogens with two attached hydrogens (primary N) is 1. The maximum atomic E-state index is 12.2. The zero-order valence-electron chi connectivity index (χ0n) is 11.4. The van der Waals surface area contributed by atoms with Crippen LogP contribution in [0.2, 0.25) is 0 Å². The quantitative estimate of drug-likeness (QED) is 0.776. The fourth-order valence-electron chi connectivity index (χ4n) is 1.73. The number of nitrogens with one attached hydrogen (secondary N) is 2. The van der Waals surface area contributed by atoms with Gasteiger partial charge in [-0.2, -0.15) is 0 Å². The van der Waals surface area contributed by atoms with E-state index in [1.54, 1.807) is 12.1 Å². The lowest BCUT2D eigenvalue weighted by Crippen LogP contribution is -2.13. The van der Waals surface area contributed by atoms with E-state index in [1.165, 1.54) is 12.3 Å². The van der Waals surface area contributed by atoms with Gasteiger partial charge in [0.25, 0.3) is 10.0 Å². The third-order valence-corrected chi connectivity index (χ3v) is 4.24. The summed E-state index contributed by atoms with van der Waals surface area (Å²) in [5.41, 5.74) is 7.65. The number of aromatic amines is 1. The molecule has 0 saturated heterocycles. The Bertz CT molecular complexity index is 675. The van der Waals surface area contributed by atoms with Crippen LogP contribution in [0.3, 0.4) is 0 Å². The Labute approximate surface area is 118 Å². The van der Waals surface area contributed by atoms with Crippen molar-refractivity contribution >= 4 is 21.4 Å². The fourth-order valence-corrected chi connectivity index (χ4v) is 2.81. The average molecular weight is 294 g/mol. The Morgan fingerprint density at radius 1 is 1.25 bits per heavy atom. The Morgan fingerprint density at radius 2 is 1.90 bits per heavy atom. The van der Waals surface area contributed by atoms with Crippen molar-refractivity contribution in [2.24, 2.45) is 5.73 Å². The third kappa shape index (κ3) is 3.12. The van der Waals surface area contributed by atoms with Gasteiger partial charge in [-0.05, 0) is 30.3 Å². The standard InChI is InChI=1S/C13H18N4O2S/c1-17(2)12-5-3-10(4-6-12)16-20(18,19)13-7-11(8-14)15-9-13/h3-7,9,15-16H,8,14H2,1-2H3. The second-order valence-corrected chi connectivity index (χ2v) is 6.29. The van der Waals surface area contributed by atoms with E-state index in [9.17, 15) is 8.42 Å². The van der Waals surface area contributed by atoms with Gasteiger partial charge in [0.2, 0.25) is 0 Å². The Hall–Kier alpha value is -1.99. The number of H-pyrrole nitrogens is 1. The van der Waals surface area contributed by atoms with Gasteiger partial charge in [0.1, 0.15) is 4.90 Å². The van der Waals surface area contributed by atoms with E-state index in [-0.39, 0.29) is 11.4 Å². The van der Waals surface area contributed by atoms with Gasteiger partial charge in [-0.25, -0.2) is 8.42 Å². The van der Waals surface area contributed by atoms with Crippen molar-refractivity contribution in [3.63, 3.8) is 0 Å². The van der Waals surface area contributed by atoms with Crippen molar-refractivity contribution in [2.75, 3.05) is 23.7 Å². The van der Waals surface area contributed by atoms with Crippen molar-refractivity contribution in [2.45, 2.75) is 11.4 Å². The maximum Gasteiger partial charge on any atom is 0.263 e. The maximum absolute atomic E-state index is 12.2. The lowest BCUT2D eigenvalue weighted by Gasteiger charge is -2.13. The molecule has 0 spiro atoms. The fraction of sp³-hybridized carbons (Fsp3) is 0.231. The summed E-state index contributed by atoms with van der Waals surface area (Å²) in [6.07, 6.45) is 1.43. The van der Waals surface area contributed by atoms with Crippen LogP contribution >= 0.6 is 0 Å². The normalized spacial score (nSPS) is 11.3. The predicted octanol–water partition coefficient (Wildman–Crippen LogP) is 1.34. The van der Waals surface area contributed by atoms with Gasteiger partial charge < -0.3 is 15.6 Å². The van der Waals surface area contributed by atoms with Crippen LogP contribution in [0.1, 0.15) is 5.69 Å². The van der Waals surface area contributed by atoms with Gasteiger partial charge in [0.05, 0.1) is 0 Å². The largest absolute Gasteiger partial charge is 0.378 e. The van der Waals surface area contributed by atoms with Crippen LogP contribution in [0.25, 0.3) is 0 Å². The highest BCUT2D eigenvalue weighted by Crippen LogP contribution is 2.19. The third-order valence-electron chi connectivity index (χ3n) is 2.88. The van der Waals surface area contributed by atoms with Crippen LogP contribution in [-0.4, -0.2) is 27.5 Å². The molecule has 0 fully saturated rings. The molecule has 108 valence electrons. The molecule has 0 amide bonds. The smallest absolute Gasteiger partial charge is 0.263 e. The summed E-state index contributed by atoms with van der Waals surface area (Å²) in [6.45, 7) is 0.271. The van der Waals surface area contributed by atoms with E-state index >= 15 is 0 Å². The zero-order valence-corrected chi connectivity index (χ0v) is 12.2. The van der Waals surface area contributed by atoms with Crippen molar-refractivity contribution in [1.82, 2.24) is 4.98 Å². The van der Waals surface area contributed by atoms with Crippen LogP contribution in [0.5, 0.6) is 0 Å². The molecule has 0 bridgehead atoms. The molecule has 6 nitrogen and oxygen atoms in total. The van der Waals surface area contributed by atoms with Gasteiger partial charge in [-0.3, -0.25) is 4.72 Å². The highest BCUT2D eigenvalue weighted by molar-refractivity contribution is 7.92. The zero-order chi connectivity index (χ0) is 14.8. The second kappa shape index (κ2) is 5.56. The van der Waals surface area contributed by atoms with E-state index in [1.807, 2.05) is 31.1 Å². The number of sulfonamides is 1. The van der Waals surface area contributed by atoms with E-state index in [0.29, 0.717) is 11.4 Å². The van der Waals surface area contributed by atoms with E-state index < -0.39 is 10.0 Å². The molecule has 0 radical (unpaired) electrons. The number of aromatic nitrogens is 1. The van der Waals surface area contributed by atoms with Crippen LogP contribution < -0.4 is 15.4 Å². The highest BCUT2D eigenvalue weighted by atomic mass is 32.2. The van der Waals surface area contributed by atoms with Crippen molar-refractivity contribution in [1.29, 1.82) is 0 Å². The minimum atomic E-state index is -3.59. The van der Waals surface area contributed by atoms with Gasteiger partial charge >= 0.3 is 0 Å². The molecule has 0 atom stereocenters. The molecule has 0 unspecified atom stereocenters. The van der Waals surface area contributed by atoms with Crippen LogP contribution in [0, 0.1) is 0 Å². The van der Waals surface area contributed by atoms with Crippen LogP contribution in [0.15, 0.2) is 41.4 Å². The first kappa shape index (κ1) is 14.4. The first-order chi connectivity index (χ1) is 9.42. The molecule has 0 aliphatic rings. The molecule has 1 aromatic heterocycles. The summed E-state index contributed by atoms with van der Waals surface area (Å²) in [5, 5.41) is 0. The topological polar surface area (TPSA) is 91.2 Å². The predicted molar refractivity (Wildman–Crippen MR) is 80.3 cm³/mol. The molecule has 1 heterocycles. The van der Waals surface area contributed by atoms with Crippen molar-refractivity contribution < 1.29 is 8.42 Å². The van der Waals surface area contributed by atoms with Crippen molar-refractivity contribution in [3.8, 4) is 0 Å². The Kier molecular flexibility index (Phi) is 4.01. The van der Waals surface area contributed by atoms with Crippen LogP contribution in [0.4, 0.5) is 11.4 Å². The lowest BCUT2D eigenvalue weighted by atomic mass is 10.3. The average Bonchev–Trinajstić information content (AvgIpc) is 2.88. The van der Waals surface area contributed by atoms with Gasteiger partial charge in [0, 0.05) is 43.9 Å². The summed E-state index contributed by atoms with van der Waals surface area (Å²) in [5.74, 6) is 0. The monoisotopic (exact) mass is 294 g/mol. The molecule has 0 saturated carbocycles. The van der Waals surface area contributed by atoms with Gasteiger partial charge in [-0.1, -0.05) is 0 Å². The lowest BCUT2D eigenvalue weighted by molar-refractivity contribution is 0.601. The van der Waals surface area contributed by atoms with Gasteiger partial charge in [0.15, 0.2) is 0 Å². The molecule has 2 rings (SSSR count). The first-order valence-electron chi connectivity index (χ1n) is 6.10. The molecule has 4 N–H and O–H groups in total.